The topological polar surface area (TPSA) is 138 Å². The lowest BCUT2D eigenvalue weighted by molar-refractivity contribution is 0.390. The highest BCUT2D eigenvalue weighted by molar-refractivity contribution is 7.91. The van der Waals surface area contributed by atoms with Gasteiger partial charge in [-0.3, -0.25) is 9.67 Å². The molecular weight excluding hydrogens is 465 g/mol. The molecule has 3 aromatic heterocycles. The first kappa shape index (κ1) is 23.3. The molecule has 1 aromatic carbocycles. The fourth-order valence-corrected chi connectivity index (χ4v) is 4.64. The van der Waals surface area contributed by atoms with Crippen molar-refractivity contribution in [3.63, 3.8) is 0 Å². The van der Waals surface area contributed by atoms with Crippen LogP contribution >= 0.6 is 0 Å². The Balaban J connectivity index is 1.77. The van der Waals surface area contributed by atoms with Crippen molar-refractivity contribution < 1.29 is 22.3 Å². The van der Waals surface area contributed by atoms with Gasteiger partial charge in [0.25, 0.3) is 0 Å². The van der Waals surface area contributed by atoms with E-state index in [-0.39, 0.29) is 18.1 Å². The zero-order valence-corrected chi connectivity index (χ0v) is 19.5. The lowest BCUT2D eigenvalue weighted by Crippen LogP contribution is -2.24. The molecule has 34 heavy (non-hydrogen) atoms. The number of methoxy groups -OCH3 is 2. The van der Waals surface area contributed by atoms with Gasteiger partial charge in [0.1, 0.15) is 34.5 Å². The first-order chi connectivity index (χ1) is 16.3. The molecule has 1 atom stereocenters. The number of hydrogen-bond donors (Lipinski definition) is 1. The summed E-state index contributed by atoms with van der Waals surface area (Å²) in [5, 5.41) is 14.3. The van der Waals surface area contributed by atoms with E-state index < -0.39 is 26.7 Å². The fraction of sp³-hybridized carbons (Fsp3) is 0.286. The molecule has 0 aliphatic heterocycles. The molecule has 13 heteroatoms. The van der Waals surface area contributed by atoms with E-state index >= 15 is 0 Å². The number of aromatic amines is 1. The smallest absolute Gasteiger partial charge is 0.186 e. The zero-order valence-electron chi connectivity index (χ0n) is 18.6. The molecule has 0 fully saturated rings. The molecule has 0 aliphatic rings. The van der Waals surface area contributed by atoms with Crippen molar-refractivity contribution in [2.24, 2.45) is 0 Å². The van der Waals surface area contributed by atoms with Gasteiger partial charge in [-0.1, -0.05) is 6.07 Å². The number of halogens is 1. The summed E-state index contributed by atoms with van der Waals surface area (Å²) in [6, 6.07) is 6.89. The van der Waals surface area contributed by atoms with Crippen LogP contribution in [0.3, 0.4) is 0 Å². The Labute approximate surface area is 194 Å². The van der Waals surface area contributed by atoms with Crippen molar-refractivity contribution in [1.29, 1.82) is 0 Å². The van der Waals surface area contributed by atoms with E-state index in [1.54, 1.807) is 42.0 Å². The third-order valence-electron chi connectivity index (χ3n) is 5.18. The van der Waals surface area contributed by atoms with Crippen molar-refractivity contribution in [2.75, 3.05) is 14.2 Å². The summed E-state index contributed by atoms with van der Waals surface area (Å²) in [6.07, 6.45) is 3.57. The van der Waals surface area contributed by atoms with Crippen LogP contribution in [0.2, 0.25) is 0 Å². The van der Waals surface area contributed by atoms with Crippen LogP contribution in [-0.4, -0.2) is 62.8 Å². The Morgan fingerprint density at radius 1 is 1.09 bits per heavy atom. The molecule has 0 saturated carbocycles. The van der Waals surface area contributed by atoms with Gasteiger partial charge in [0.05, 0.1) is 31.9 Å². The molecule has 0 unspecified atom stereocenters. The number of benzene rings is 1. The van der Waals surface area contributed by atoms with Gasteiger partial charge in [-0.25, -0.2) is 22.8 Å². The van der Waals surface area contributed by atoms with E-state index in [2.05, 4.69) is 30.4 Å². The van der Waals surface area contributed by atoms with Crippen LogP contribution in [0.5, 0.6) is 11.5 Å². The highest BCUT2D eigenvalue weighted by Crippen LogP contribution is 2.36. The third-order valence-corrected chi connectivity index (χ3v) is 7.24. The highest BCUT2D eigenvalue weighted by atomic mass is 32.2. The Morgan fingerprint density at radius 3 is 2.35 bits per heavy atom. The third kappa shape index (κ3) is 4.59. The summed E-state index contributed by atoms with van der Waals surface area (Å²) in [4.78, 5) is 7.72. The van der Waals surface area contributed by atoms with Gasteiger partial charge < -0.3 is 9.47 Å². The average Bonchev–Trinajstić information content (AvgIpc) is 3.49. The number of nitrogens with one attached hydrogen (secondary N) is 1. The Bertz CT molecular complexity index is 1350. The van der Waals surface area contributed by atoms with Gasteiger partial charge in [-0.2, -0.15) is 5.10 Å². The maximum atomic E-state index is 13.3. The molecule has 0 aliphatic carbocycles. The molecule has 1 N–H and O–H groups in total. The van der Waals surface area contributed by atoms with Crippen molar-refractivity contribution in [3.05, 3.63) is 60.3 Å². The predicted molar refractivity (Wildman–Crippen MR) is 120 cm³/mol. The molecular formula is C21H22FN7O4S. The first-order valence-electron chi connectivity index (χ1n) is 10.2. The zero-order chi connectivity index (χ0) is 24.3. The quantitative estimate of drug-likeness (QED) is 0.376. The van der Waals surface area contributed by atoms with Crippen LogP contribution in [0.15, 0.2) is 42.9 Å². The van der Waals surface area contributed by atoms with Gasteiger partial charge in [-0.15, -0.1) is 10.2 Å². The van der Waals surface area contributed by atoms with Crippen molar-refractivity contribution in [3.8, 4) is 28.7 Å². The molecule has 4 aromatic rings. The number of hydrogen-bond acceptors (Lipinski definition) is 9. The molecule has 0 saturated heterocycles. The SMILES string of the molecule is COc1cccc(OC)c1-n1c(CS(=O)(=O)[C@@H](C)Cc2ncc(F)cn2)nnc1-c1ccn[nH]1. The normalized spacial score (nSPS) is 12.5. The average molecular weight is 488 g/mol. The Kier molecular flexibility index (Phi) is 6.54. The number of rotatable bonds is 9. The fourth-order valence-electron chi connectivity index (χ4n) is 3.40. The van der Waals surface area contributed by atoms with Gasteiger partial charge in [0.2, 0.25) is 0 Å². The lowest BCUT2D eigenvalue weighted by atomic mass is 10.2. The Hall–Kier alpha value is -3.87. The number of aromatic nitrogens is 7. The minimum atomic E-state index is -3.75. The number of para-hydroxylation sites is 1. The maximum absolute atomic E-state index is 13.3. The minimum Gasteiger partial charge on any atom is -0.494 e. The second kappa shape index (κ2) is 9.55. The standard InChI is InChI=1S/C21H22FN7O4S/c1-13(9-18-23-10-14(22)11-24-18)34(30,31)12-19-27-28-21(15-7-8-25-26-15)29(19)20-16(32-2)5-4-6-17(20)33-3/h4-8,10-11,13H,9,12H2,1-3H3,(H,25,26)/t13-/m0/s1. The second-order valence-corrected chi connectivity index (χ2v) is 9.82. The number of sulfone groups is 1. The van der Waals surface area contributed by atoms with Crippen LogP contribution in [0.4, 0.5) is 4.39 Å². The number of ether oxygens (including phenoxy) is 2. The maximum Gasteiger partial charge on any atom is 0.186 e. The van der Waals surface area contributed by atoms with Gasteiger partial charge in [0.15, 0.2) is 27.3 Å². The van der Waals surface area contributed by atoms with E-state index in [1.165, 1.54) is 14.2 Å². The van der Waals surface area contributed by atoms with Gasteiger partial charge in [0, 0.05) is 12.6 Å². The molecule has 3 heterocycles. The van der Waals surface area contributed by atoms with Gasteiger partial charge in [-0.05, 0) is 25.1 Å². The summed E-state index contributed by atoms with van der Waals surface area (Å²) in [5.74, 6) is 0.558. The van der Waals surface area contributed by atoms with E-state index in [1.807, 2.05) is 0 Å². The van der Waals surface area contributed by atoms with E-state index in [0.29, 0.717) is 28.7 Å². The van der Waals surface area contributed by atoms with Crippen LogP contribution in [-0.2, 0) is 22.0 Å². The number of nitrogens with zero attached hydrogens (tertiary/aromatic N) is 6. The Morgan fingerprint density at radius 2 is 1.76 bits per heavy atom. The van der Waals surface area contributed by atoms with Crippen LogP contribution < -0.4 is 9.47 Å². The molecule has 0 radical (unpaired) electrons. The van der Waals surface area contributed by atoms with Crippen LogP contribution in [0, 0.1) is 5.82 Å². The summed E-state index contributed by atoms with van der Waals surface area (Å²) < 4.78 is 52.3. The summed E-state index contributed by atoms with van der Waals surface area (Å²) in [7, 11) is -0.752. The predicted octanol–water partition coefficient (Wildman–Crippen LogP) is 2.15. The van der Waals surface area contributed by atoms with Crippen LogP contribution in [0.1, 0.15) is 18.6 Å². The van der Waals surface area contributed by atoms with Crippen LogP contribution in [0.25, 0.3) is 17.2 Å². The van der Waals surface area contributed by atoms with E-state index in [9.17, 15) is 12.8 Å². The summed E-state index contributed by atoms with van der Waals surface area (Å²) in [6.45, 7) is 1.54. The second-order valence-electron chi connectivity index (χ2n) is 7.40. The molecule has 4 rings (SSSR count). The van der Waals surface area contributed by atoms with Gasteiger partial charge >= 0.3 is 0 Å². The molecule has 178 valence electrons. The monoisotopic (exact) mass is 487 g/mol. The van der Waals surface area contributed by atoms with E-state index in [4.69, 9.17) is 9.47 Å². The van der Waals surface area contributed by atoms with E-state index in [0.717, 1.165) is 12.4 Å². The van der Waals surface area contributed by atoms with Crippen molar-refractivity contribution >= 4 is 9.84 Å². The minimum absolute atomic E-state index is 0.0160. The largest absolute Gasteiger partial charge is 0.494 e. The molecule has 0 amide bonds. The first-order valence-corrected chi connectivity index (χ1v) is 11.9. The summed E-state index contributed by atoms with van der Waals surface area (Å²) in [5.41, 5.74) is 0.971. The summed E-state index contributed by atoms with van der Waals surface area (Å²) >= 11 is 0. The molecule has 0 bridgehead atoms. The number of H-pyrrole nitrogens is 1. The molecule has 11 nitrogen and oxygen atoms in total. The highest BCUT2D eigenvalue weighted by Gasteiger charge is 2.29. The van der Waals surface area contributed by atoms with Crippen molar-refractivity contribution in [1.82, 2.24) is 34.9 Å². The lowest BCUT2D eigenvalue weighted by Gasteiger charge is -2.18. The molecule has 0 spiro atoms. The van der Waals surface area contributed by atoms with Crippen molar-refractivity contribution in [2.45, 2.75) is 24.3 Å².